The van der Waals surface area contributed by atoms with Crippen molar-refractivity contribution in [2.75, 3.05) is 0 Å². The van der Waals surface area contributed by atoms with E-state index in [0.717, 1.165) is 5.57 Å². The van der Waals surface area contributed by atoms with Gasteiger partial charge in [-0.3, -0.25) is 0 Å². The molecule has 0 aliphatic carbocycles. The maximum atomic E-state index is 8.39. The van der Waals surface area contributed by atoms with E-state index in [1.54, 1.807) is 36.6 Å². The van der Waals surface area contributed by atoms with Crippen LogP contribution < -0.4 is 0 Å². The summed E-state index contributed by atoms with van der Waals surface area (Å²) in [6.07, 6.45) is 9.85. The normalized spacial score (nSPS) is 8.73. The van der Waals surface area contributed by atoms with Crippen LogP contribution in [-0.4, -0.2) is 0 Å². The quantitative estimate of drug-likeness (QED) is 0.373. The highest BCUT2D eigenvalue weighted by Crippen LogP contribution is 2.17. The average Bonchev–Trinajstić information content (AvgIpc) is 2.24. The first-order valence-electron chi connectivity index (χ1n) is 4.24. The number of rotatable bonds is 6. The zero-order valence-corrected chi connectivity index (χ0v) is 8.57. The average molecular weight is 199 g/mol. The summed E-state index contributed by atoms with van der Waals surface area (Å²) in [6, 6.07) is 0. The van der Waals surface area contributed by atoms with Crippen molar-refractivity contribution < 1.29 is 4.74 Å². The Morgan fingerprint density at radius 3 is 2.20 bits per heavy atom. The monoisotopic (exact) mass is 199 g/mol. The molecule has 76 valence electrons. The van der Waals surface area contributed by atoms with Crippen LogP contribution in [-0.2, 0) is 4.74 Å². The summed E-state index contributed by atoms with van der Waals surface area (Å²) in [7, 11) is 0. The van der Waals surface area contributed by atoms with Crippen molar-refractivity contribution in [3.8, 4) is 6.26 Å². The molecule has 0 fully saturated rings. The first kappa shape index (κ1) is 12.7. The van der Waals surface area contributed by atoms with Crippen molar-refractivity contribution >= 4 is 0 Å². The Morgan fingerprint density at radius 2 is 1.80 bits per heavy atom. The molecule has 0 amide bonds. The fraction of sp³-hybridized carbons (Fsp3) is 0. The van der Waals surface area contributed by atoms with E-state index < -0.39 is 0 Å². The van der Waals surface area contributed by atoms with Crippen LogP contribution in [0.3, 0.4) is 0 Å². The third-order valence-electron chi connectivity index (χ3n) is 1.62. The molecule has 0 spiro atoms. The molecule has 0 saturated carbocycles. The van der Waals surface area contributed by atoms with Crippen LogP contribution in [0.5, 0.6) is 0 Å². The molecular weight excluding hydrogens is 186 g/mol. The largest absolute Gasteiger partial charge is 0.388 e. The van der Waals surface area contributed by atoms with Gasteiger partial charge in [-0.05, 0) is 5.57 Å². The fourth-order valence-electron chi connectivity index (χ4n) is 0.928. The van der Waals surface area contributed by atoms with Gasteiger partial charge in [-0.15, -0.1) is 5.26 Å². The van der Waals surface area contributed by atoms with E-state index in [9.17, 15) is 0 Å². The number of hydrogen-bond acceptors (Lipinski definition) is 2. The second-order valence-corrected chi connectivity index (χ2v) is 2.49. The molecule has 0 unspecified atom stereocenters. The summed E-state index contributed by atoms with van der Waals surface area (Å²) in [5, 5.41) is 8.39. The smallest absolute Gasteiger partial charge is 0.292 e. The van der Waals surface area contributed by atoms with Gasteiger partial charge in [-0.2, -0.15) is 0 Å². The Kier molecular flexibility index (Phi) is 6.08. The Balaban J connectivity index is 5.31. The van der Waals surface area contributed by atoms with E-state index in [-0.39, 0.29) is 5.76 Å². The van der Waals surface area contributed by atoms with Gasteiger partial charge < -0.3 is 4.74 Å². The van der Waals surface area contributed by atoms with Gasteiger partial charge in [-0.1, -0.05) is 56.7 Å². The lowest BCUT2D eigenvalue weighted by atomic mass is 10.1. The van der Waals surface area contributed by atoms with Gasteiger partial charge >= 0.3 is 0 Å². The van der Waals surface area contributed by atoms with E-state index in [1.165, 1.54) is 0 Å². The highest BCUT2D eigenvalue weighted by molar-refractivity contribution is 5.48. The van der Waals surface area contributed by atoms with Gasteiger partial charge in [0.25, 0.3) is 6.26 Å². The molecule has 0 bridgehead atoms. The lowest BCUT2D eigenvalue weighted by molar-refractivity contribution is 0.390. The van der Waals surface area contributed by atoms with E-state index >= 15 is 0 Å². The molecule has 0 saturated heterocycles. The second kappa shape index (κ2) is 7.16. The molecule has 2 nitrogen and oxygen atoms in total. The Hall–Kier alpha value is -2.27. The third kappa shape index (κ3) is 3.97. The van der Waals surface area contributed by atoms with E-state index in [2.05, 4.69) is 31.1 Å². The first-order valence-corrected chi connectivity index (χ1v) is 4.24. The molecule has 0 rings (SSSR count). The van der Waals surface area contributed by atoms with Gasteiger partial charge in [0.2, 0.25) is 0 Å². The molecule has 0 heterocycles. The molecule has 0 N–H and O–H groups in total. The maximum absolute atomic E-state index is 8.39. The van der Waals surface area contributed by atoms with Crippen LogP contribution >= 0.6 is 0 Å². The summed E-state index contributed by atoms with van der Waals surface area (Å²) in [5.74, 6) is 0.255. The van der Waals surface area contributed by atoms with Gasteiger partial charge in [0, 0.05) is 5.57 Å². The molecule has 2 heteroatoms. The Labute approximate surface area is 90.5 Å². The molecule has 0 aromatic rings. The summed E-state index contributed by atoms with van der Waals surface area (Å²) < 4.78 is 4.66. The number of hydrogen-bond donors (Lipinski definition) is 0. The second-order valence-electron chi connectivity index (χ2n) is 2.49. The highest BCUT2D eigenvalue weighted by Gasteiger charge is 2.04. The van der Waals surface area contributed by atoms with E-state index in [1.807, 2.05) is 0 Å². The minimum absolute atomic E-state index is 0.255. The zero-order chi connectivity index (χ0) is 11.7. The number of allylic oxidation sites excluding steroid dienone is 6. The van der Waals surface area contributed by atoms with Crippen molar-refractivity contribution in [3.05, 3.63) is 73.6 Å². The van der Waals surface area contributed by atoms with Crippen molar-refractivity contribution in [2.45, 2.75) is 0 Å². The zero-order valence-electron chi connectivity index (χ0n) is 8.57. The number of nitrogens with zero attached hydrogens (tertiary/aromatic N) is 1. The molecule has 0 aromatic carbocycles. The molecule has 0 aromatic heterocycles. The molecule has 0 aliphatic rings. The van der Waals surface area contributed by atoms with Crippen LogP contribution in [0, 0.1) is 11.5 Å². The summed E-state index contributed by atoms with van der Waals surface area (Å²) >= 11 is 0. The first-order chi connectivity index (χ1) is 7.21. The lowest BCUT2D eigenvalue weighted by Gasteiger charge is -2.05. The minimum Gasteiger partial charge on any atom is -0.388 e. The molecule has 15 heavy (non-hydrogen) atoms. The molecule has 0 aliphatic heterocycles. The van der Waals surface area contributed by atoms with Gasteiger partial charge in [0.15, 0.2) is 0 Å². The fourth-order valence-corrected chi connectivity index (χ4v) is 0.928. The molecule has 0 radical (unpaired) electrons. The number of nitriles is 1. The highest BCUT2D eigenvalue weighted by atomic mass is 16.5. The number of ether oxygens (including phenoxy) is 1. The minimum atomic E-state index is 0.255. The Morgan fingerprint density at radius 1 is 1.20 bits per heavy atom. The van der Waals surface area contributed by atoms with Crippen LogP contribution in [0.2, 0.25) is 0 Å². The summed E-state index contributed by atoms with van der Waals surface area (Å²) in [4.78, 5) is 0. The van der Waals surface area contributed by atoms with E-state index in [0.29, 0.717) is 5.57 Å². The van der Waals surface area contributed by atoms with E-state index in [4.69, 9.17) is 5.26 Å². The van der Waals surface area contributed by atoms with Crippen LogP contribution in [0.15, 0.2) is 73.6 Å². The van der Waals surface area contributed by atoms with Crippen LogP contribution in [0.1, 0.15) is 0 Å². The topological polar surface area (TPSA) is 33.0 Å². The van der Waals surface area contributed by atoms with Gasteiger partial charge in [0.1, 0.15) is 5.76 Å². The third-order valence-corrected chi connectivity index (χ3v) is 1.62. The van der Waals surface area contributed by atoms with Crippen molar-refractivity contribution in [3.63, 3.8) is 0 Å². The van der Waals surface area contributed by atoms with Gasteiger partial charge in [0.05, 0.1) is 0 Å². The Bertz CT molecular complexity index is 368. The van der Waals surface area contributed by atoms with Crippen LogP contribution in [0.4, 0.5) is 0 Å². The predicted octanol–water partition coefficient (Wildman–Crippen LogP) is 3.41. The van der Waals surface area contributed by atoms with Gasteiger partial charge in [-0.25, -0.2) is 0 Å². The maximum Gasteiger partial charge on any atom is 0.292 e. The SMILES string of the molecule is C=C/C=C\C(C(=C)OC#N)=C(C=C)C=C. The molecular formula is C13H13NO. The van der Waals surface area contributed by atoms with Crippen LogP contribution in [0.25, 0.3) is 0 Å². The standard InChI is InChI=1S/C13H13NO/c1-5-8-9-13(11(4)15-10-14)12(6-2)7-3/h5-9H,1-4H2/b9-8-. The summed E-state index contributed by atoms with van der Waals surface area (Å²) in [5.41, 5.74) is 1.40. The van der Waals surface area contributed by atoms with Crippen molar-refractivity contribution in [1.82, 2.24) is 0 Å². The molecule has 0 atom stereocenters. The summed E-state index contributed by atoms with van der Waals surface area (Å²) in [6.45, 7) is 14.5. The van der Waals surface area contributed by atoms with Crippen molar-refractivity contribution in [1.29, 1.82) is 5.26 Å². The predicted molar refractivity (Wildman–Crippen MR) is 62.6 cm³/mol. The van der Waals surface area contributed by atoms with Crippen molar-refractivity contribution in [2.24, 2.45) is 0 Å². The lowest BCUT2D eigenvalue weighted by Crippen LogP contribution is -1.91.